The summed E-state index contributed by atoms with van der Waals surface area (Å²) in [5.41, 5.74) is 1.94. The van der Waals surface area contributed by atoms with Crippen LogP contribution in [0.25, 0.3) is 11.0 Å². The van der Waals surface area contributed by atoms with E-state index in [0.29, 0.717) is 6.54 Å². The molecule has 0 radical (unpaired) electrons. The van der Waals surface area contributed by atoms with Crippen LogP contribution in [0.1, 0.15) is 31.6 Å². The predicted molar refractivity (Wildman–Crippen MR) is 78.3 cm³/mol. The van der Waals surface area contributed by atoms with E-state index >= 15 is 0 Å². The van der Waals surface area contributed by atoms with Crippen LogP contribution in [0.15, 0.2) is 24.3 Å². The number of rotatable bonds is 4. The van der Waals surface area contributed by atoms with E-state index in [2.05, 4.69) is 20.2 Å². The quantitative estimate of drug-likeness (QED) is 0.892. The Morgan fingerprint density at radius 3 is 2.90 bits per heavy atom. The lowest BCUT2D eigenvalue weighted by Gasteiger charge is -2.16. The molecule has 2 heterocycles. The van der Waals surface area contributed by atoms with Crippen LogP contribution in [0.2, 0.25) is 0 Å². The maximum atomic E-state index is 12.0. The molecule has 20 heavy (non-hydrogen) atoms. The normalized spacial score (nSPS) is 17.4. The molecule has 2 N–H and O–H groups in total. The van der Waals surface area contributed by atoms with E-state index in [-0.39, 0.29) is 11.9 Å². The Kier molecular flexibility index (Phi) is 3.69. The number of nitrogens with one attached hydrogen (secondary N) is 2. The number of amides is 1. The number of fused-ring (bicyclic) bond motifs is 1. The van der Waals surface area contributed by atoms with Gasteiger partial charge < -0.3 is 10.3 Å². The van der Waals surface area contributed by atoms with Crippen molar-refractivity contribution in [2.45, 2.75) is 25.8 Å². The highest BCUT2D eigenvalue weighted by Crippen LogP contribution is 2.15. The van der Waals surface area contributed by atoms with Gasteiger partial charge in [-0.3, -0.25) is 9.69 Å². The number of aromatic nitrogens is 2. The molecule has 2 aromatic rings. The number of likely N-dealkylation sites (tertiary alicyclic amines) is 1. The number of benzene rings is 1. The molecule has 0 bridgehead atoms. The first-order valence-electron chi connectivity index (χ1n) is 7.19. The number of hydrogen-bond donors (Lipinski definition) is 2. The average Bonchev–Trinajstić information content (AvgIpc) is 3.06. The van der Waals surface area contributed by atoms with Gasteiger partial charge >= 0.3 is 0 Å². The van der Waals surface area contributed by atoms with Crippen molar-refractivity contribution < 1.29 is 4.79 Å². The molecule has 1 aliphatic rings. The molecule has 1 amide bonds. The van der Waals surface area contributed by atoms with Gasteiger partial charge in [-0.2, -0.15) is 0 Å². The molecule has 1 unspecified atom stereocenters. The molecule has 0 spiro atoms. The van der Waals surface area contributed by atoms with Gasteiger partial charge in [-0.05, 0) is 45.0 Å². The van der Waals surface area contributed by atoms with Gasteiger partial charge in [-0.25, -0.2) is 4.98 Å². The summed E-state index contributed by atoms with van der Waals surface area (Å²) < 4.78 is 0. The molecular weight excluding hydrogens is 252 g/mol. The average molecular weight is 272 g/mol. The molecule has 1 aromatic carbocycles. The molecule has 1 aliphatic heterocycles. The molecule has 1 aromatic heterocycles. The number of para-hydroxylation sites is 2. The first kappa shape index (κ1) is 13.1. The Bertz CT molecular complexity index is 568. The molecule has 5 heteroatoms. The van der Waals surface area contributed by atoms with Crippen LogP contribution in [-0.4, -0.2) is 40.4 Å². The van der Waals surface area contributed by atoms with E-state index in [0.717, 1.165) is 29.9 Å². The van der Waals surface area contributed by atoms with E-state index in [1.165, 1.54) is 12.8 Å². The molecule has 106 valence electrons. The van der Waals surface area contributed by atoms with Gasteiger partial charge in [-0.1, -0.05) is 12.1 Å². The van der Waals surface area contributed by atoms with Gasteiger partial charge in [-0.15, -0.1) is 0 Å². The van der Waals surface area contributed by atoms with E-state index in [1.807, 2.05) is 31.2 Å². The van der Waals surface area contributed by atoms with Gasteiger partial charge in [0.2, 0.25) is 5.91 Å². The number of hydrogen-bond acceptors (Lipinski definition) is 3. The van der Waals surface area contributed by atoms with Crippen molar-refractivity contribution >= 4 is 16.9 Å². The van der Waals surface area contributed by atoms with Crippen molar-refractivity contribution in [3.8, 4) is 0 Å². The van der Waals surface area contributed by atoms with Crippen LogP contribution in [0, 0.1) is 0 Å². The van der Waals surface area contributed by atoms with Gasteiger partial charge in [0.05, 0.1) is 23.6 Å². The minimum atomic E-state index is -0.0995. The van der Waals surface area contributed by atoms with E-state index in [4.69, 9.17) is 0 Å². The lowest BCUT2D eigenvalue weighted by atomic mass is 10.3. The molecule has 5 nitrogen and oxygen atoms in total. The van der Waals surface area contributed by atoms with Crippen molar-refractivity contribution in [1.29, 1.82) is 0 Å². The lowest BCUT2D eigenvalue weighted by Crippen LogP contribution is -2.37. The monoisotopic (exact) mass is 272 g/mol. The highest BCUT2D eigenvalue weighted by Gasteiger charge is 2.18. The molecule has 0 saturated carbocycles. The summed E-state index contributed by atoms with van der Waals surface area (Å²) in [5, 5.41) is 3.01. The van der Waals surface area contributed by atoms with Crippen LogP contribution in [0.5, 0.6) is 0 Å². The summed E-state index contributed by atoms with van der Waals surface area (Å²) in [5.74, 6) is 0.876. The Morgan fingerprint density at radius 1 is 1.40 bits per heavy atom. The van der Waals surface area contributed by atoms with Crippen LogP contribution < -0.4 is 5.32 Å². The van der Waals surface area contributed by atoms with Gasteiger partial charge in [0.15, 0.2) is 0 Å². The fraction of sp³-hybridized carbons (Fsp3) is 0.467. The van der Waals surface area contributed by atoms with Crippen molar-refractivity contribution in [3.63, 3.8) is 0 Å². The van der Waals surface area contributed by atoms with Crippen molar-refractivity contribution in [2.75, 3.05) is 19.6 Å². The summed E-state index contributed by atoms with van der Waals surface area (Å²) in [7, 11) is 0. The third kappa shape index (κ3) is 2.82. The number of aromatic amines is 1. The molecular formula is C15H20N4O. The van der Waals surface area contributed by atoms with Crippen LogP contribution >= 0.6 is 0 Å². The molecule has 0 aliphatic carbocycles. The third-order valence-electron chi connectivity index (χ3n) is 3.76. The first-order chi connectivity index (χ1) is 9.72. The highest BCUT2D eigenvalue weighted by molar-refractivity contribution is 5.79. The topological polar surface area (TPSA) is 61.0 Å². The standard InChI is InChI=1S/C15H20N4O/c1-11(16-14(20)10-19-8-4-5-9-19)15-17-12-6-2-3-7-13(12)18-15/h2-3,6-7,11H,4-5,8-10H2,1H3,(H,16,20)(H,17,18). The van der Waals surface area contributed by atoms with E-state index in [9.17, 15) is 4.79 Å². The van der Waals surface area contributed by atoms with E-state index < -0.39 is 0 Å². The smallest absolute Gasteiger partial charge is 0.234 e. The fourth-order valence-corrected chi connectivity index (χ4v) is 2.68. The maximum absolute atomic E-state index is 12.0. The Hall–Kier alpha value is -1.88. The zero-order chi connectivity index (χ0) is 13.9. The predicted octanol–water partition coefficient (Wildman–Crippen LogP) is 1.84. The first-order valence-corrected chi connectivity index (χ1v) is 7.19. The Morgan fingerprint density at radius 2 is 2.15 bits per heavy atom. The zero-order valence-electron chi connectivity index (χ0n) is 11.7. The summed E-state index contributed by atoms with van der Waals surface area (Å²) in [6, 6.07) is 7.79. The number of imidazole rings is 1. The zero-order valence-corrected chi connectivity index (χ0v) is 11.7. The molecule has 1 fully saturated rings. The van der Waals surface area contributed by atoms with Gasteiger partial charge in [0.1, 0.15) is 5.82 Å². The summed E-state index contributed by atoms with van der Waals surface area (Å²) >= 11 is 0. The highest BCUT2D eigenvalue weighted by atomic mass is 16.2. The van der Waals surface area contributed by atoms with Gasteiger partial charge in [0, 0.05) is 0 Å². The fourth-order valence-electron chi connectivity index (χ4n) is 2.68. The molecule has 3 rings (SSSR count). The van der Waals surface area contributed by atoms with Crippen molar-refractivity contribution in [3.05, 3.63) is 30.1 Å². The lowest BCUT2D eigenvalue weighted by molar-refractivity contribution is -0.122. The summed E-state index contributed by atoms with van der Waals surface area (Å²) in [6.07, 6.45) is 2.40. The SMILES string of the molecule is CC(NC(=O)CN1CCCC1)c1nc2ccccc2[nH]1. The van der Waals surface area contributed by atoms with Crippen LogP contribution in [0.3, 0.4) is 0 Å². The number of H-pyrrole nitrogens is 1. The minimum Gasteiger partial charge on any atom is -0.345 e. The third-order valence-corrected chi connectivity index (χ3v) is 3.76. The summed E-state index contributed by atoms with van der Waals surface area (Å²) in [4.78, 5) is 22.0. The number of carbonyl (C=O) groups is 1. The van der Waals surface area contributed by atoms with Crippen molar-refractivity contribution in [1.82, 2.24) is 20.2 Å². The molecule has 1 atom stereocenters. The largest absolute Gasteiger partial charge is 0.345 e. The Balaban J connectivity index is 1.62. The minimum absolute atomic E-state index is 0.0693. The Labute approximate surface area is 118 Å². The van der Waals surface area contributed by atoms with Crippen LogP contribution in [0.4, 0.5) is 0 Å². The second kappa shape index (κ2) is 5.63. The second-order valence-corrected chi connectivity index (χ2v) is 5.41. The maximum Gasteiger partial charge on any atom is 0.234 e. The number of carbonyl (C=O) groups excluding carboxylic acids is 1. The summed E-state index contributed by atoms with van der Waals surface area (Å²) in [6.45, 7) is 4.52. The second-order valence-electron chi connectivity index (χ2n) is 5.41. The van der Waals surface area contributed by atoms with E-state index in [1.54, 1.807) is 0 Å². The van der Waals surface area contributed by atoms with Crippen LogP contribution in [-0.2, 0) is 4.79 Å². The molecule has 1 saturated heterocycles. The van der Waals surface area contributed by atoms with Crippen molar-refractivity contribution in [2.24, 2.45) is 0 Å². The van der Waals surface area contributed by atoms with Gasteiger partial charge in [0.25, 0.3) is 0 Å². The number of nitrogens with zero attached hydrogens (tertiary/aromatic N) is 2.